The molecule has 0 aromatic heterocycles. The van der Waals surface area contributed by atoms with E-state index in [-0.39, 0.29) is 11.6 Å². The molecule has 0 saturated carbocycles. The number of carbonyl (C=O) groups excluding carboxylic acids is 1. The molecule has 0 aliphatic rings. The monoisotopic (exact) mass is 271 g/mol. The van der Waals surface area contributed by atoms with E-state index in [0.717, 1.165) is 18.6 Å². The summed E-state index contributed by atoms with van der Waals surface area (Å²) in [7, 11) is 1.24. The number of benzene rings is 1. The summed E-state index contributed by atoms with van der Waals surface area (Å²) >= 11 is 0. The van der Waals surface area contributed by atoms with E-state index in [9.17, 15) is 13.6 Å². The molecule has 0 aliphatic carbocycles. The number of carbonyl (C=O) groups is 1. The number of nitrogens with one attached hydrogen (secondary N) is 1. The first-order valence-corrected chi connectivity index (χ1v) is 6.16. The van der Waals surface area contributed by atoms with E-state index in [1.165, 1.54) is 20.1 Å². The Morgan fingerprint density at radius 2 is 2.11 bits per heavy atom. The highest BCUT2D eigenvalue weighted by atomic mass is 19.1. The van der Waals surface area contributed by atoms with Gasteiger partial charge in [-0.15, -0.1) is 0 Å². The Bertz CT molecular complexity index is 465. The Hall–Kier alpha value is -1.49. The van der Waals surface area contributed by atoms with Gasteiger partial charge in [0.15, 0.2) is 0 Å². The van der Waals surface area contributed by atoms with Crippen molar-refractivity contribution in [2.75, 3.05) is 7.11 Å². The SMILES string of the molecule is CCC(C)NC(C)(C(=O)OC)c1ccc(F)cc1F. The van der Waals surface area contributed by atoms with Gasteiger partial charge in [0.1, 0.15) is 17.2 Å². The smallest absolute Gasteiger partial charge is 0.330 e. The molecule has 0 amide bonds. The highest BCUT2D eigenvalue weighted by Gasteiger charge is 2.39. The predicted octanol–water partition coefficient (Wildman–Crippen LogP) is 2.74. The third-order valence-electron chi connectivity index (χ3n) is 3.21. The summed E-state index contributed by atoms with van der Waals surface area (Å²) in [5.41, 5.74) is -1.27. The number of halogens is 2. The Balaban J connectivity index is 3.26. The lowest BCUT2D eigenvalue weighted by molar-refractivity contribution is -0.148. The maximum atomic E-state index is 13.9. The minimum atomic E-state index is -1.35. The first kappa shape index (κ1) is 15.6. The van der Waals surface area contributed by atoms with E-state index in [1.54, 1.807) is 0 Å². The second-order valence-corrected chi connectivity index (χ2v) is 4.69. The van der Waals surface area contributed by atoms with Gasteiger partial charge in [0.2, 0.25) is 0 Å². The molecule has 2 atom stereocenters. The molecule has 0 bridgehead atoms. The molecule has 5 heteroatoms. The normalized spacial score (nSPS) is 15.7. The molecule has 0 radical (unpaired) electrons. The van der Waals surface area contributed by atoms with E-state index < -0.39 is 23.1 Å². The van der Waals surface area contributed by atoms with Crippen molar-refractivity contribution in [3.05, 3.63) is 35.4 Å². The Kier molecular flexibility index (Phi) is 5.00. The molecule has 1 N–H and O–H groups in total. The number of methoxy groups -OCH3 is 1. The van der Waals surface area contributed by atoms with Gasteiger partial charge >= 0.3 is 5.97 Å². The maximum Gasteiger partial charge on any atom is 0.330 e. The molecule has 0 heterocycles. The van der Waals surface area contributed by atoms with Crippen molar-refractivity contribution < 1.29 is 18.3 Å². The molecular formula is C14H19F2NO2. The zero-order valence-electron chi connectivity index (χ0n) is 11.6. The molecule has 0 saturated heterocycles. The zero-order valence-corrected chi connectivity index (χ0v) is 11.6. The first-order chi connectivity index (χ1) is 8.85. The summed E-state index contributed by atoms with van der Waals surface area (Å²) in [6, 6.07) is 3.12. The molecule has 1 aromatic carbocycles. The summed E-state index contributed by atoms with van der Waals surface area (Å²) in [5, 5.41) is 3.03. The van der Waals surface area contributed by atoms with Gasteiger partial charge in [-0.1, -0.05) is 13.0 Å². The van der Waals surface area contributed by atoms with Crippen molar-refractivity contribution in [1.29, 1.82) is 0 Å². The molecule has 0 aliphatic heterocycles. The van der Waals surface area contributed by atoms with Gasteiger partial charge in [-0.2, -0.15) is 0 Å². The van der Waals surface area contributed by atoms with Gasteiger partial charge < -0.3 is 4.74 Å². The largest absolute Gasteiger partial charge is 0.467 e. The van der Waals surface area contributed by atoms with Gasteiger partial charge in [-0.25, -0.2) is 13.6 Å². The standard InChI is InChI=1S/C14H19F2NO2/c1-5-9(2)17-14(3,13(18)19-4)11-7-6-10(15)8-12(11)16/h6-9,17H,5H2,1-4H3. The van der Waals surface area contributed by atoms with E-state index in [2.05, 4.69) is 5.32 Å². The van der Waals surface area contributed by atoms with Crippen LogP contribution in [0.1, 0.15) is 32.8 Å². The number of ether oxygens (including phenoxy) is 1. The van der Waals surface area contributed by atoms with Crippen LogP contribution in [0.5, 0.6) is 0 Å². The van der Waals surface area contributed by atoms with Crippen LogP contribution in [0, 0.1) is 11.6 Å². The highest BCUT2D eigenvalue weighted by molar-refractivity contribution is 5.82. The molecule has 0 fully saturated rings. The molecule has 1 rings (SSSR count). The Morgan fingerprint density at radius 3 is 2.58 bits per heavy atom. The molecule has 0 spiro atoms. The Morgan fingerprint density at radius 1 is 1.47 bits per heavy atom. The van der Waals surface area contributed by atoms with Crippen LogP contribution in [-0.2, 0) is 15.1 Å². The van der Waals surface area contributed by atoms with Crippen LogP contribution in [0.25, 0.3) is 0 Å². The van der Waals surface area contributed by atoms with Crippen LogP contribution >= 0.6 is 0 Å². The molecular weight excluding hydrogens is 252 g/mol. The molecule has 3 nitrogen and oxygen atoms in total. The molecule has 1 aromatic rings. The second kappa shape index (κ2) is 6.10. The lowest BCUT2D eigenvalue weighted by atomic mass is 9.90. The number of hydrogen-bond acceptors (Lipinski definition) is 3. The number of hydrogen-bond donors (Lipinski definition) is 1. The van der Waals surface area contributed by atoms with Gasteiger partial charge in [-0.3, -0.25) is 5.32 Å². The lowest BCUT2D eigenvalue weighted by Gasteiger charge is -2.31. The number of esters is 1. The highest BCUT2D eigenvalue weighted by Crippen LogP contribution is 2.26. The van der Waals surface area contributed by atoms with Crippen molar-refractivity contribution in [1.82, 2.24) is 5.32 Å². The molecule has 106 valence electrons. The van der Waals surface area contributed by atoms with Gasteiger partial charge in [0.25, 0.3) is 0 Å². The number of rotatable bonds is 5. The maximum absolute atomic E-state index is 13.9. The first-order valence-electron chi connectivity index (χ1n) is 6.16. The fraction of sp³-hybridized carbons (Fsp3) is 0.500. The lowest BCUT2D eigenvalue weighted by Crippen LogP contribution is -2.51. The van der Waals surface area contributed by atoms with Gasteiger partial charge in [0, 0.05) is 17.7 Å². The summed E-state index contributed by atoms with van der Waals surface area (Å²) in [4.78, 5) is 12.0. The van der Waals surface area contributed by atoms with Crippen molar-refractivity contribution in [2.24, 2.45) is 0 Å². The minimum Gasteiger partial charge on any atom is -0.467 e. The van der Waals surface area contributed by atoms with E-state index in [4.69, 9.17) is 4.74 Å². The van der Waals surface area contributed by atoms with E-state index in [1.807, 2.05) is 13.8 Å². The van der Waals surface area contributed by atoms with Crippen LogP contribution in [-0.4, -0.2) is 19.1 Å². The summed E-state index contributed by atoms with van der Waals surface area (Å²) < 4.78 is 31.6. The van der Waals surface area contributed by atoms with Crippen LogP contribution in [0.15, 0.2) is 18.2 Å². The average Bonchev–Trinajstić information content (AvgIpc) is 2.37. The van der Waals surface area contributed by atoms with Gasteiger partial charge in [-0.05, 0) is 26.3 Å². The summed E-state index contributed by atoms with van der Waals surface area (Å²) in [6.07, 6.45) is 0.759. The minimum absolute atomic E-state index is 0.0199. The summed E-state index contributed by atoms with van der Waals surface area (Å²) in [5.74, 6) is -2.07. The average molecular weight is 271 g/mol. The van der Waals surface area contributed by atoms with Gasteiger partial charge in [0.05, 0.1) is 7.11 Å². The molecule has 19 heavy (non-hydrogen) atoms. The molecule has 2 unspecified atom stereocenters. The van der Waals surface area contributed by atoms with Crippen LogP contribution in [0.4, 0.5) is 8.78 Å². The van der Waals surface area contributed by atoms with Crippen molar-refractivity contribution in [3.8, 4) is 0 Å². The fourth-order valence-electron chi connectivity index (χ4n) is 1.94. The zero-order chi connectivity index (χ0) is 14.6. The van der Waals surface area contributed by atoms with E-state index in [0.29, 0.717) is 0 Å². The van der Waals surface area contributed by atoms with Crippen LogP contribution in [0.3, 0.4) is 0 Å². The van der Waals surface area contributed by atoms with Crippen LogP contribution < -0.4 is 5.32 Å². The van der Waals surface area contributed by atoms with Crippen molar-refractivity contribution in [2.45, 2.75) is 38.8 Å². The van der Waals surface area contributed by atoms with Crippen molar-refractivity contribution in [3.63, 3.8) is 0 Å². The fourth-order valence-corrected chi connectivity index (χ4v) is 1.94. The summed E-state index contributed by atoms with van der Waals surface area (Å²) in [6.45, 7) is 5.35. The predicted molar refractivity (Wildman–Crippen MR) is 68.6 cm³/mol. The quantitative estimate of drug-likeness (QED) is 0.837. The third-order valence-corrected chi connectivity index (χ3v) is 3.21. The third kappa shape index (κ3) is 3.29. The topological polar surface area (TPSA) is 38.3 Å². The second-order valence-electron chi connectivity index (χ2n) is 4.69. The Labute approximate surface area is 112 Å². The van der Waals surface area contributed by atoms with Crippen LogP contribution in [0.2, 0.25) is 0 Å². The van der Waals surface area contributed by atoms with E-state index >= 15 is 0 Å². The van der Waals surface area contributed by atoms with Crippen molar-refractivity contribution >= 4 is 5.97 Å².